The van der Waals surface area contributed by atoms with Crippen molar-refractivity contribution < 1.29 is 10.0 Å². The van der Waals surface area contributed by atoms with Crippen LogP contribution in [0.5, 0.6) is 0 Å². The van der Waals surface area contributed by atoms with Crippen LogP contribution in [0.15, 0.2) is 48.4 Å². The van der Waals surface area contributed by atoms with Gasteiger partial charge in [-0.15, -0.1) is 0 Å². The quantitative estimate of drug-likeness (QED) is 0.723. The van der Waals surface area contributed by atoms with Crippen LogP contribution in [-0.2, 0) is 0 Å². The molecule has 2 aromatic rings. The van der Waals surface area contributed by atoms with Crippen molar-refractivity contribution in [3.63, 3.8) is 0 Å². The van der Waals surface area contributed by atoms with E-state index >= 15 is 0 Å². The maximum atomic E-state index is 8.75. The van der Waals surface area contributed by atoms with E-state index in [2.05, 4.69) is 0 Å². The van der Waals surface area contributed by atoms with Crippen LogP contribution >= 0.6 is 0 Å². The van der Waals surface area contributed by atoms with Crippen molar-refractivity contribution in [1.29, 1.82) is 0 Å². The third kappa shape index (κ3) is 2.26. The van der Waals surface area contributed by atoms with Gasteiger partial charge in [0.25, 0.3) is 0 Å². The molecule has 0 bridgehead atoms. The normalized spacial score (nSPS) is 11.1. The number of benzene rings is 2. The van der Waals surface area contributed by atoms with Crippen LogP contribution < -0.4 is 0 Å². The minimum atomic E-state index is -1.40. The molecule has 0 aromatic heterocycles. The molecule has 2 nitrogen and oxygen atoms in total. The second-order valence-corrected chi connectivity index (χ2v) is 3.34. The second kappa shape index (κ2) is 4.30. The lowest BCUT2D eigenvalue weighted by Gasteiger charge is -2.01. The van der Waals surface area contributed by atoms with Crippen molar-refractivity contribution >= 4 is 24.0 Å². The Kier molecular flexibility index (Phi) is 2.85. The molecule has 0 unspecified atom stereocenters. The maximum absolute atomic E-state index is 8.75. The summed E-state index contributed by atoms with van der Waals surface area (Å²) >= 11 is 0. The van der Waals surface area contributed by atoms with E-state index in [1.807, 2.05) is 42.5 Å². The fourth-order valence-corrected chi connectivity index (χ4v) is 1.59. The van der Waals surface area contributed by atoms with Gasteiger partial charge in [0.05, 0.1) is 0 Å². The zero-order chi connectivity index (χ0) is 10.7. The zero-order valence-corrected chi connectivity index (χ0v) is 8.17. The van der Waals surface area contributed by atoms with Gasteiger partial charge in [0.2, 0.25) is 0 Å². The van der Waals surface area contributed by atoms with Crippen LogP contribution in [0.1, 0.15) is 5.56 Å². The minimum Gasteiger partial charge on any atom is -0.424 e. The van der Waals surface area contributed by atoms with Crippen molar-refractivity contribution in [2.45, 2.75) is 0 Å². The van der Waals surface area contributed by atoms with Crippen LogP contribution in [0.2, 0.25) is 0 Å². The molecule has 0 radical (unpaired) electrons. The molecule has 74 valence electrons. The Hall–Kier alpha value is -1.58. The summed E-state index contributed by atoms with van der Waals surface area (Å²) < 4.78 is 0. The molecule has 0 amide bonds. The molecular formula is C12H11BO2. The molecule has 2 rings (SSSR count). The van der Waals surface area contributed by atoms with E-state index in [-0.39, 0.29) is 0 Å². The van der Waals surface area contributed by atoms with Crippen molar-refractivity contribution in [3.8, 4) is 0 Å². The number of rotatable bonds is 2. The lowest BCUT2D eigenvalue weighted by molar-refractivity contribution is 0.424. The molecule has 3 heteroatoms. The first kappa shape index (κ1) is 9.96. The molecule has 0 saturated carbocycles. The van der Waals surface area contributed by atoms with Gasteiger partial charge in [0, 0.05) is 0 Å². The summed E-state index contributed by atoms with van der Waals surface area (Å²) in [7, 11) is -1.40. The van der Waals surface area contributed by atoms with E-state index in [4.69, 9.17) is 10.0 Å². The van der Waals surface area contributed by atoms with Crippen LogP contribution in [-0.4, -0.2) is 17.2 Å². The molecule has 0 atom stereocenters. The van der Waals surface area contributed by atoms with Gasteiger partial charge in [-0.25, -0.2) is 0 Å². The van der Waals surface area contributed by atoms with E-state index in [0.717, 1.165) is 16.3 Å². The topological polar surface area (TPSA) is 40.5 Å². The van der Waals surface area contributed by atoms with Gasteiger partial charge in [-0.1, -0.05) is 54.5 Å². The SMILES string of the molecule is OB(O)C=Cc1cccc2ccccc12. The van der Waals surface area contributed by atoms with E-state index in [0.29, 0.717) is 0 Å². The first-order chi connectivity index (χ1) is 7.27. The lowest BCUT2D eigenvalue weighted by Crippen LogP contribution is -2.05. The van der Waals surface area contributed by atoms with Crippen molar-refractivity contribution in [3.05, 3.63) is 54.0 Å². The lowest BCUT2D eigenvalue weighted by atomic mass is 9.90. The predicted octanol–water partition coefficient (Wildman–Crippen LogP) is 1.86. The molecule has 0 saturated heterocycles. The summed E-state index contributed by atoms with van der Waals surface area (Å²) in [6.07, 6.45) is 1.72. The van der Waals surface area contributed by atoms with Crippen molar-refractivity contribution in [2.24, 2.45) is 0 Å². The molecule has 2 aromatic carbocycles. The van der Waals surface area contributed by atoms with E-state index < -0.39 is 7.12 Å². The maximum Gasteiger partial charge on any atom is 0.480 e. The monoisotopic (exact) mass is 198 g/mol. The highest BCUT2D eigenvalue weighted by atomic mass is 16.4. The first-order valence-corrected chi connectivity index (χ1v) is 4.79. The average Bonchev–Trinajstić information content (AvgIpc) is 2.26. The summed E-state index contributed by atoms with van der Waals surface area (Å²) in [5.41, 5.74) is 0.987. The molecule has 0 aliphatic carbocycles. The van der Waals surface area contributed by atoms with E-state index in [1.165, 1.54) is 5.98 Å². The second-order valence-electron chi connectivity index (χ2n) is 3.34. The minimum absolute atomic E-state index is 0.987. The molecule has 0 heterocycles. The third-order valence-electron chi connectivity index (χ3n) is 2.27. The van der Waals surface area contributed by atoms with Gasteiger partial charge in [0.1, 0.15) is 0 Å². The molecule has 0 fully saturated rings. The van der Waals surface area contributed by atoms with Gasteiger partial charge in [-0.05, 0) is 16.3 Å². The summed E-state index contributed by atoms with van der Waals surface area (Å²) in [5.74, 6) is 1.35. The smallest absolute Gasteiger partial charge is 0.424 e. The van der Waals surface area contributed by atoms with Crippen LogP contribution in [0.4, 0.5) is 0 Å². The predicted molar refractivity (Wildman–Crippen MR) is 63.2 cm³/mol. The zero-order valence-electron chi connectivity index (χ0n) is 8.17. The number of hydrogen-bond donors (Lipinski definition) is 2. The van der Waals surface area contributed by atoms with Crippen molar-refractivity contribution in [1.82, 2.24) is 0 Å². The Morgan fingerprint density at radius 2 is 1.67 bits per heavy atom. The van der Waals surface area contributed by atoms with Crippen LogP contribution in [0.3, 0.4) is 0 Å². The van der Waals surface area contributed by atoms with Gasteiger partial charge in [-0.2, -0.15) is 0 Å². The summed E-state index contributed by atoms with van der Waals surface area (Å²) in [4.78, 5) is 0. The van der Waals surface area contributed by atoms with Crippen LogP contribution in [0.25, 0.3) is 16.8 Å². The molecule has 0 aliphatic heterocycles. The first-order valence-electron chi connectivity index (χ1n) is 4.79. The Balaban J connectivity index is 2.51. The van der Waals surface area contributed by atoms with E-state index in [9.17, 15) is 0 Å². The standard InChI is InChI=1S/C12H11BO2/c14-13(15)9-8-11-6-3-5-10-4-1-2-7-12(10)11/h1-9,14-15H. The highest BCUT2D eigenvalue weighted by Crippen LogP contribution is 2.19. The highest BCUT2D eigenvalue weighted by Gasteiger charge is 2.00. The van der Waals surface area contributed by atoms with Gasteiger partial charge in [0.15, 0.2) is 0 Å². The Labute approximate surface area is 88.6 Å². The highest BCUT2D eigenvalue weighted by molar-refractivity contribution is 6.48. The fraction of sp³-hybridized carbons (Fsp3) is 0. The summed E-state index contributed by atoms with van der Waals surface area (Å²) in [5, 5.41) is 19.8. The largest absolute Gasteiger partial charge is 0.480 e. The molecule has 0 spiro atoms. The van der Waals surface area contributed by atoms with Crippen LogP contribution in [0, 0.1) is 0 Å². The summed E-state index contributed by atoms with van der Waals surface area (Å²) in [6, 6.07) is 13.9. The van der Waals surface area contributed by atoms with Gasteiger partial charge >= 0.3 is 7.12 Å². The van der Waals surface area contributed by atoms with Gasteiger partial charge in [-0.3, -0.25) is 0 Å². The fourth-order valence-electron chi connectivity index (χ4n) is 1.59. The Morgan fingerprint density at radius 3 is 2.47 bits per heavy atom. The number of hydrogen-bond acceptors (Lipinski definition) is 2. The number of fused-ring (bicyclic) bond motifs is 1. The van der Waals surface area contributed by atoms with Crippen molar-refractivity contribution in [2.75, 3.05) is 0 Å². The Bertz CT molecular complexity index is 486. The molecule has 15 heavy (non-hydrogen) atoms. The third-order valence-corrected chi connectivity index (χ3v) is 2.27. The van der Waals surface area contributed by atoms with E-state index in [1.54, 1.807) is 6.08 Å². The molecule has 0 aliphatic rings. The molecule has 2 N–H and O–H groups in total. The Morgan fingerprint density at radius 1 is 0.933 bits per heavy atom. The summed E-state index contributed by atoms with van der Waals surface area (Å²) in [6.45, 7) is 0. The van der Waals surface area contributed by atoms with Gasteiger partial charge < -0.3 is 10.0 Å². The average molecular weight is 198 g/mol. The molecular weight excluding hydrogens is 187 g/mol.